The molecule has 2 N–H and O–H groups in total. The minimum atomic E-state index is -0.774. The van der Waals surface area contributed by atoms with E-state index in [-0.39, 0.29) is 0 Å². The maximum absolute atomic E-state index is 11.3. The fourth-order valence-electron chi connectivity index (χ4n) is 2.31. The molecule has 0 saturated carbocycles. The molecule has 0 saturated heterocycles. The van der Waals surface area contributed by atoms with Crippen LogP contribution in [0.5, 0.6) is 0 Å². The predicted molar refractivity (Wildman–Crippen MR) is 92.2 cm³/mol. The second kappa shape index (κ2) is 7.56. The number of carboxylic acids is 1. The number of nitrogens with one attached hydrogen (secondary N) is 1. The summed E-state index contributed by atoms with van der Waals surface area (Å²) in [6.45, 7) is 6.76. The molecule has 22 heavy (non-hydrogen) atoms. The van der Waals surface area contributed by atoms with E-state index < -0.39 is 12.0 Å². The number of hydrogen-bond donors (Lipinski definition) is 2. The van der Waals surface area contributed by atoms with Crippen LogP contribution < -0.4 is 5.32 Å². The van der Waals surface area contributed by atoms with Crippen LogP contribution in [0.1, 0.15) is 30.7 Å². The maximum Gasteiger partial charge on any atom is 0.320 e. The third kappa shape index (κ3) is 4.68. The highest BCUT2D eigenvalue weighted by Gasteiger charge is 2.18. The Morgan fingerprint density at radius 3 is 2.45 bits per heavy atom. The molecular formula is C18H23NO2S. The van der Waals surface area contributed by atoms with Gasteiger partial charge in [-0.15, -0.1) is 11.3 Å². The van der Waals surface area contributed by atoms with Crippen LogP contribution in [-0.2, 0) is 11.3 Å². The van der Waals surface area contributed by atoms with Crippen molar-refractivity contribution in [2.75, 3.05) is 0 Å². The van der Waals surface area contributed by atoms with E-state index >= 15 is 0 Å². The predicted octanol–water partition coefficient (Wildman–Crippen LogP) is 4.31. The lowest BCUT2D eigenvalue weighted by Crippen LogP contribution is -2.37. The Morgan fingerprint density at radius 1 is 1.18 bits per heavy atom. The van der Waals surface area contributed by atoms with Crippen molar-refractivity contribution < 1.29 is 9.90 Å². The number of rotatable bonds is 7. The van der Waals surface area contributed by atoms with Gasteiger partial charge in [0, 0.05) is 16.3 Å². The first-order valence-corrected chi connectivity index (χ1v) is 8.39. The summed E-state index contributed by atoms with van der Waals surface area (Å²) in [4.78, 5) is 13.6. The Kier molecular flexibility index (Phi) is 5.75. The van der Waals surface area contributed by atoms with E-state index in [1.165, 1.54) is 16.0 Å². The number of aliphatic carboxylic acids is 1. The van der Waals surface area contributed by atoms with Gasteiger partial charge >= 0.3 is 5.97 Å². The first kappa shape index (κ1) is 16.7. The summed E-state index contributed by atoms with van der Waals surface area (Å²) in [6, 6.07) is 12.1. The normalized spacial score (nSPS) is 12.5. The molecule has 0 aliphatic heterocycles. The molecule has 1 aromatic heterocycles. The fraction of sp³-hybridized carbons (Fsp3) is 0.389. The van der Waals surface area contributed by atoms with Crippen molar-refractivity contribution in [3.05, 3.63) is 46.8 Å². The van der Waals surface area contributed by atoms with Crippen LogP contribution in [0.25, 0.3) is 10.4 Å². The lowest BCUT2D eigenvalue weighted by molar-refractivity contribution is -0.140. The highest BCUT2D eigenvalue weighted by molar-refractivity contribution is 7.15. The van der Waals surface area contributed by atoms with Gasteiger partial charge in [0.2, 0.25) is 0 Å². The van der Waals surface area contributed by atoms with Gasteiger partial charge in [-0.1, -0.05) is 43.7 Å². The monoisotopic (exact) mass is 317 g/mol. The Labute approximate surface area is 136 Å². The lowest BCUT2D eigenvalue weighted by Gasteiger charge is -2.15. The van der Waals surface area contributed by atoms with E-state index in [1.807, 2.05) is 13.8 Å². The van der Waals surface area contributed by atoms with Crippen LogP contribution in [-0.4, -0.2) is 17.1 Å². The molecule has 2 aromatic rings. The molecule has 4 heteroatoms. The Morgan fingerprint density at radius 2 is 1.86 bits per heavy atom. The fourth-order valence-corrected chi connectivity index (χ4v) is 3.28. The molecule has 3 nitrogen and oxygen atoms in total. The summed E-state index contributed by atoms with van der Waals surface area (Å²) in [6.07, 6.45) is 0.644. The van der Waals surface area contributed by atoms with Crippen molar-refractivity contribution in [1.29, 1.82) is 0 Å². The van der Waals surface area contributed by atoms with Gasteiger partial charge in [0.1, 0.15) is 6.04 Å². The van der Waals surface area contributed by atoms with E-state index in [2.05, 4.69) is 48.6 Å². The van der Waals surface area contributed by atoms with Gasteiger partial charge < -0.3 is 5.11 Å². The van der Waals surface area contributed by atoms with Gasteiger partial charge in [0.15, 0.2) is 0 Å². The molecule has 0 fully saturated rings. The number of hydrogen-bond acceptors (Lipinski definition) is 3. The summed E-state index contributed by atoms with van der Waals surface area (Å²) >= 11 is 1.71. The quantitative estimate of drug-likeness (QED) is 0.800. The van der Waals surface area contributed by atoms with Gasteiger partial charge in [0.25, 0.3) is 0 Å². The molecule has 118 valence electrons. The molecule has 1 aromatic carbocycles. The first-order chi connectivity index (χ1) is 10.5. The third-order valence-corrected chi connectivity index (χ3v) is 4.66. The average Bonchev–Trinajstić information content (AvgIpc) is 2.92. The van der Waals surface area contributed by atoms with Gasteiger partial charge in [-0.25, -0.2) is 0 Å². The summed E-state index contributed by atoms with van der Waals surface area (Å²) in [5.41, 5.74) is 2.46. The topological polar surface area (TPSA) is 49.3 Å². The molecule has 2 rings (SSSR count). The van der Waals surface area contributed by atoms with Crippen molar-refractivity contribution >= 4 is 17.3 Å². The molecule has 1 heterocycles. The molecule has 0 unspecified atom stereocenters. The largest absolute Gasteiger partial charge is 0.480 e. The number of carboxylic acid groups (broad SMARTS) is 1. The number of carbonyl (C=O) groups is 1. The van der Waals surface area contributed by atoms with Gasteiger partial charge in [0.05, 0.1) is 0 Å². The van der Waals surface area contributed by atoms with Crippen molar-refractivity contribution in [2.45, 2.75) is 39.8 Å². The van der Waals surface area contributed by atoms with Crippen LogP contribution in [0.2, 0.25) is 0 Å². The lowest BCUT2D eigenvalue weighted by atomic mass is 10.0. The standard InChI is InChI=1S/C18H23NO2S/c1-12(2)10-16(18(20)21)19-11-15-8-9-17(22-15)14-6-4-13(3)5-7-14/h4-9,12,16,19H,10-11H2,1-3H3,(H,20,21)/t16-/m1/s1. The van der Waals surface area contributed by atoms with Crippen molar-refractivity contribution in [3.63, 3.8) is 0 Å². The summed E-state index contributed by atoms with van der Waals surface area (Å²) in [5.74, 6) is -0.413. The van der Waals surface area contributed by atoms with Gasteiger partial charge in [-0.2, -0.15) is 0 Å². The van der Waals surface area contributed by atoms with Crippen LogP contribution in [0.15, 0.2) is 36.4 Å². The van der Waals surface area contributed by atoms with Crippen LogP contribution in [0.4, 0.5) is 0 Å². The van der Waals surface area contributed by atoms with Crippen molar-refractivity contribution in [3.8, 4) is 10.4 Å². The second-order valence-electron chi connectivity index (χ2n) is 6.03. The molecule has 1 atom stereocenters. The molecule has 0 bridgehead atoms. The summed E-state index contributed by atoms with van der Waals surface area (Å²) in [5, 5.41) is 12.4. The first-order valence-electron chi connectivity index (χ1n) is 7.57. The number of benzene rings is 1. The Bertz CT molecular complexity index is 616. The van der Waals surface area contributed by atoms with E-state index in [0.717, 1.165) is 4.88 Å². The average molecular weight is 317 g/mol. The van der Waals surface area contributed by atoms with Gasteiger partial charge in [-0.05, 0) is 37.0 Å². The van der Waals surface area contributed by atoms with Crippen LogP contribution in [0, 0.1) is 12.8 Å². The summed E-state index contributed by atoms with van der Waals surface area (Å²) < 4.78 is 0. The van der Waals surface area contributed by atoms with E-state index in [0.29, 0.717) is 18.9 Å². The number of thiophene rings is 1. The third-order valence-electron chi connectivity index (χ3n) is 3.53. The Balaban J connectivity index is 1.99. The van der Waals surface area contributed by atoms with E-state index in [1.54, 1.807) is 11.3 Å². The minimum absolute atomic E-state index is 0.361. The smallest absolute Gasteiger partial charge is 0.320 e. The zero-order valence-corrected chi connectivity index (χ0v) is 14.1. The second-order valence-corrected chi connectivity index (χ2v) is 7.20. The van der Waals surface area contributed by atoms with Crippen molar-refractivity contribution in [2.24, 2.45) is 5.92 Å². The van der Waals surface area contributed by atoms with E-state index in [9.17, 15) is 9.90 Å². The SMILES string of the molecule is Cc1ccc(-c2ccc(CN[C@H](CC(C)C)C(=O)O)s2)cc1. The maximum atomic E-state index is 11.3. The molecule has 0 radical (unpaired) electrons. The highest BCUT2D eigenvalue weighted by atomic mass is 32.1. The molecule has 0 aliphatic rings. The zero-order chi connectivity index (χ0) is 16.1. The molecule has 0 spiro atoms. The zero-order valence-electron chi connectivity index (χ0n) is 13.3. The summed E-state index contributed by atoms with van der Waals surface area (Å²) in [7, 11) is 0. The molecule has 0 aliphatic carbocycles. The molecule has 0 amide bonds. The minimum Gasteiger partial charge on any atom is -0.480 e. The van der Waals surface area contributed by atoms with Gasteiger partial charge in [-0.3, -0.25) is 10.1 Å². The highest BCUT2D eigenvalue weighted by Crippen LogP contribution is 2.28. The Hall–Kier alpha value is -1.65. The van der Waals surface area contributed by atoms with E-state index in [4.69, 9.17) is 0 Å². The van der Waals surface area contributed by atoms with Crippen LogP contribution in [0.3, 0.4) is 0 Å². The molecular weight excluding hydrogens is 294 g/mol. The number of aryl methyl sites for hydroxylation is 1. The van der Waals surface area contributed by atoms with Crippen molar-refractivity contribution in [1.82, 2.24) is 5.32 Å². The van der Waals surface area contributed by atoms with Crippen LogP contribution >= 0.6 is 11.3 Å².